The molecule has 0 amide bonds. The van der Waals surface area contributed by atoms with Gasteiger partial charge < -0.3 is 10.3 Å². The third-order valence-corrected chi connectivity index (χ3v) is 6.14. The Hall–Kier alpha value is -4.36. The van der Waals surface area contributed by atoms with Gasteiger partial charge in [0, 0.05) is 35.5 Å². The first kappa shape index (κ1) is 21.2. The highest BCUT2D eigenvalue weighted by Crippen LogP contribution is 2.33. The molecule has 0 aliphatic heterocycles. The number of aromatic nitrogens is 5. The summed E-state index contributed by atoms with van der Waals surface area (Å²) in [5, 5.41) is 12.0. The fraction of sp³-hybridized carbons (Fsp3) is 0.107. The molecule has 0 radical (unpaired) electrons. The van der Waals surface area contributed by atoms with Gasteiger partial charge in [0.1, 0.15) is 11.5 Å². The third-order valence-electron chi connectivity index (χ3n) is 6.14. The summed E-state index contributed by atoms with van der Waals surface area (Å²) in [5.41, 5.74) is 8.21. The summed E-state index contributed by atoms with van der Waals surface area (Å²) in [7, 11) is 0. The quantitative estimate of drug-likeness (QED) is 0.280. The van der Waals surface area contributed by atoms with E-state index in [-0.39, 0.29) is 5.82 Å². The maximum Gasteiger partial charge on any atom is 0.159 e. The van der Waals surface area contributed by atoms with Crippen LogP contribution in [0.2, 0.25) is 0 Å². The van der Waals surface area contributed by atoms with Gasteiger partial charge in [-0.25, -0.2) is 9.37 Å². The van der Waals surface area contributed by atoms with Gasteiger partial charge in [-0.05, 0) is 59.6 Å². The average Bonchev–Trinajstić information content (AvgIpc) is 3.51. The van der Waals surface area contributed by atoms with Crippen molar-refractivity contribution in [2.75, 3.05) is 6.54 Å². The molecule has 0 atom stereocenters. The van der Waals surface area contributed by atoms with Crippen LogP contribution in [-0.4, -0.2) is 31.7 Å². The van der Waals surface area contributed by atoms with Crippen molar-refractivity contribution >= 4 is 21.9 Å². The number of benzene rings is 3. The van der Waals surface area contributed by atoms with E-state index in [9.17, 15) is 4.39 Å². The van der Waals surface area contributed by atoms with Gasteiger partial charge in [0.05, 0.1) is 16.6 Å². The smallest absolute Gasteiger partial charge is 0.159 e. The monoisotopic (exact) mass is 462 g/mol. The highest BCUT2D eigenvalue weighted by atomic mass is 19.1. The molecule has 0 spiro atoms. The maximum absolute atomic E-state index is 13.9. The lowest BCUT2D eigenvalue weighted by atomic mass is 10.0. The van der Waals surface area contributed by atoms with E-state index in [0.29, 0.717) is 5.82 Å². The van der Waals surface area contributed by atoms with Crippen LogP contribution in [0.5, 0.6) is 0 Å². The van der Waals surface area contributed by atoms with E-state index < -0.39 is 0 Å². The molecule has 0 saturated carbocycles. The van der Waals surface area contributed by atoms with Crippen LogP contribution in [-0.2, 0) is 6.54 Å². The Morgan fingerprint density at radius 2 is 1.80 bits per heavy atom. The molecule has 3 aromatic carbocycles. The number of para-hydroxylation sites is 1. The van der Waals surface area contributed by atoms with E-state index >= 15 is 0 Å². The summed E-state index contributed by atoms with van der Waals surface area (Å²) in [6.45, 7) is 3.78. The second-order valence-corrected chi connectivity index (χ2v) is 8.49. The third kappa shape index (κ3) is 3.96. The SMILES string of the molecule is CCNCc1cncc(-c2ccc3[nH]nc(-c4nc5c(-c6cccc(F)c6)cccc5[nH]4)c3c2)c1. The first-order valence-corrected chi connectivity index (χ1v) is 11.6. The number of fused-ring (bicyclic) bond motifs is 2. The molecule has 7 heteroatoms. The molecular weight excluding hydrogens is 439 g/mol. The Morgan fingerprint density at radius 1 is 0.886 bits per heavy atom. The molecular formula is C28H23FN6. The lowest BCUT2D eigenvalue weighted by Gasteiger charge is -2.06. The molecule has 3 N–H and O–H groups in total. The molecule has 0 fully saturated rings. The van der Waals surface area contributed by atoms with Gasteiger partial charge in [-0.2, -0.15) is 5.10 Å². The van der Waals surface area contributed by atoms with Crippen molar-refractivity contribution in [3.63, 3.8) is 0 Å². The first-order valence-electron chi connectivity index (χ1n) is 11.6. The molecule has 0 aliphatic carbocycles. The number of aromatic amines is 2. The van der Waals surface area contributed by atoms with Crippen molar-refractivity contribution in [2.45, 2.75) is 13.5 Å². The van der Waals surface area contributed by atoms with E-state index in [1.807, 2.05) is 42.7 Å². The lowest BCUT2D eigenvalue weighted by Crippen LogP contribution is -2.11. The molecule has 3 heterocycles. The summed E-state index contributed by atoms with van der Waals surface area (Å²) in [6, 6.07) is 20.8. The molecule has 172 valence electrons. The fourth-order valence-electron chi connectivity index (χ4n) is 4.42. The largest absolute Gasteiger partial charge is 0.337 e. The second kappa shape index (κ2) is 8.77. The second-order valence-electron chi connectivity index (χ2n) is 8.49. The van der Waals surface area contributed by atoms with Crippen LogP contribution in [0.15, 0.2) is 79.1 Å². The summed E-state index contributed by atoms with van der Waals surface area (Å²) in [4.78, 5) is 12.7. The maximum atomic E-state index is 13.9. The van der Waals surface area contributed by atoms with Crippen molar-refractivity contribution in [2.24, 2.45) is 0 Å². The summed E-state index contributed by atoms with van der Waals surface area (Å²) >= 11 is 0. The van der Waals surface area contributed by atoms with Gasteiger partial charge >= 0.3 is 0 Å². The highest BCUT2D eigenvalue weighted by Gasteiger charge is 2.16. The Balaban J connectivity index is 1.44. The van der Waals surface area contributed by atoms with Crippen LogP contribution in [0.1, 0.15) is 12.5 Å². The number of hydrogen-bond donors (Lipinski definition) is 3. The Bertz CT molecular complexity index is 1670. The van der Waals surface area contributed by atoms with Crippen molar-refractivity contribution in [3.05, 3.63) is 90.5 Å². The van der Waals surface area contributed by atoms with Gasteiger partial charge in [0.2, 0.25) is 0 Å². The number of nitrogens with zero attached hydrogens (tertiary/aromatic N) is 3. The molecule has 0 saturated heterocycles. The molecule has 0 unspecified atom stereocenters. The molecule has 3 aromatic heterocycles. The van der Waals surface area contributed by atoms with E-state index in [2.05, 4.69) is 50.6 Å². The molecule has 6 nitrogen and oxygen atoms in total. The minimum atomic E-state index is -0.273. The van der Waals surface area contributed by atoms with Crippen molar-refractivity contribution in [1.82, 2.24) is 30.5 Å². The average molecular weight is 463 g/mol. The first-order chi connectivity index (χ1) is 17.2. The molecule has 0 aliphatic rings. The zero-order valence-corrected chi connectivity index (χ0v) is 19.1. The summed E-state index contributed by atoms with van der Waals surface area (Å²) in [6.07, 6.45) is 3.77. The van der Waals surface area contributed by atoms with Crippen molar-refractivity contribution in [1.29, 1.82) is 0 Å². The molecule has 6 aromatic rings. The standard InChI is InChI=1S/C28H23FN6/c1-2-30-14-17-11-20(16-31-15-17)18-9-10-24-23(13-18)27(35-34-24)28-32-25-8-4-7-22(26(25)33-28)19-5-3-6-21(29)12-19/h3-13,15-16,30H,2,14H2,1H3,(H,32,33)(H,34,35). The van der Waals surface area contributed by atoms with E-state index in [4.69, 9.17) is 4.98 Å². The van der Waals surface area contributed by atoms with Crippen LogP contribution in [0.25, 0.3) is 55.7 Å². The number of rotatable bonds is 6. The number of imidazole rings is 1. The Labute approximate surface area is 201 Å². The number of hydrogen-bond acceptors (Lipinski definition) is 4. The van der Waals surface area contributed by atoms with Gasteiger partial charge in [0.15, 0.2) is 5.82 Å². The zero-order valence-electron chi connectivity index (χ0n) is 19.1. The van der Waals surface area contributed by atoms with Gasteiger partial charge in [-0.3, -0.25) is 10.1 Å². The Morgan fingerprint density at radius 3 is 2.69 bits per heavy atom. The zero-order chi connectivity index (χ0) is 23.8. The fourth-order valence-corrected chi connectivity index (χ4v) is 4.42. The summed E-state index contributed by atoms with van der Waals surface area (Å²) in [5.74, 6) is 0.386. The van der Waals surface area contributed by atoms with Crippen LogP contribution < -0.4 is 5.32 Å². The number of halogens is 1. The predicted molar refractivity (Wildman–Crippen MR) is 137 cm³/mol. The number of pyridine rings is 1. The molecule has 35 heavy (non-hydrogen) atoms. The lowest BCUT2D eigenvalue weighted by molar-refractivity contribution is 0.628. The van der Waals surface area contributed by atoms with Crippen LogP contribution in [0.3, 0.4) is 0 Å². The van der Waals surface area contributed by atoms with Crippen LogP contribution >= 0.6 is 0 Å². The van der Waals surface area contributed by atoms with Gasteiger partial charge in [0.25, 0.3) is 0 Å². The Kier molecular flexibility index (Phi) is 5.31. The van der Waals surface area contributed by atoms with Crippen molar-refractivity contribution < 1.29 is 4.39 Å². The highest BCUT2D eigenvalue weighted by molar-refractivity contribution is 5.98. The van der Waals surface area contributed by atoms with E-state index in [0.717, 1.165) is 68.5 Å². The minimum Gasteiger partial charge on any atom is -0.337 e. The normalized spacial score (nSPS) is 11.5. The number of H-pyrrole nitrogens is 2. The minimum absolute atomic E-state index is 0.273. The topological polar surface area (TPSA) is 82.3 Å². The van der Waals surface area contributed by atoms with Crippen LogP contribution in [0, 0.1) is 5.82 Å². The van der Waals surface area contributed by atoms with E-state index in [1.54, 1.807) is 6.07 Å². The van der Waals surface area contributed by atoms with Gasteiger partial charge in [-0.15, -0.1) is 0 Å². The number of nitrogens with one attached hydrogen (secondary N) is 3. The molecule has 0 bridgehead atoms. The van der Waals surface area contributed by atoms with Gasteiger partial charge in [-0.1, -0.05) is 37.3 Å². The molecule has 6 rings (SSSR count). The van der Waals surface area contributed by atoms with Crippen molar-refractivity contribution in [3.8, 4) is 33.8 Å². The van der Waals surface area contributed by atoms with E-state index in [1.165, 1.54) is 12.1 Å². The summed E-state index contributed by atoms with van der Waals surface area (Å²) < 4.78 is 13.9. The predicted octanol–water partition coefficient (Wildman–Crippen LogP) is 6.08. The van der Waals surface area contributed by atoms with Crippen LogP contribution in [0.4, 0.5) is 4.39 Å².